The van der Waals surface area contributed by atoms with Crippen molar-refractivity contribution in [3.05, 3.63) is 46.8 Å². The van der Waals surface area contributed by atoms with Gasteiger partial charge in [-0.15, -0.1) is 0 Å². The van der Waals surface area contributed by atoms with Gasteiger partial charge in [0.25, 0.3) is 0 Å². The van der Waals surface area contributed by atoms with Crippen LogP contribution >= 0.6 is 15.9 Å². The molecule has 0 saturated carbocycles. The third-order valence-electron chi connectivity index (χ3n) is 3.02. The second-order valence-corrected chi connectivity index (χ2v) is 5.00. The van der Waals surface area contributed by atoms with Gasteiger partial charge < -0.3 is 10.5 Å². The minimum Gasteiger partial charge on any atom is -0.473 e. The van der Waals surface area contributed by atoms with E-state index < -0.39 is 0 Å². The van der Waals surface area contributed by atoms with Crippen LogP contribution in [0.5, 0.6) is 5.75 Å². The largest absolute Gasteiger partial charge is 0.473 e. The van der Waals surface area contributed by atoms with Gasteiger partial charge in [0.05, 0.1) is 10.9 Å². The number of hydrogen-bond acceptors (Lipinski definition) is 5. The molecule has 3 aromatic rings. The number of para-hydroxylation sites is 1. The van der Waals surface area contributed by atoms with Crippen LogP contribution in [-0.4, -0.2) is 14.5 Å². The SMILES string of the molecule is N#Cc1c(Br)n(COc2ccccc2)c2ncnc(N)c12. The molecule has 2 aromatic heterocycles. The van der Waals surface area contributed by atoms with Crippen molar-refractivity contribution in [2.45, 2.75) is 6.73 Å². The molecule has 104 valence electrons. The summed E-state index contributed by atoms with van der Waals surface area (Å²) in [4.78, 5) is 8.12. The maximum absolute atomic E-state index is 9.29. The van der Waals surface area contributed by atoms with Gasteiger partial charge in [-0.05, 0) is 28.1 Å². The number of hydrogen-bond donors (Lipinski definition) is 1. The predicted molar refractivity (Wildman–Crippen MR) is 81.4 cm³/mol. The normalized spacial score (nSPS) is 10.5. The highest BCUT2D eigenvalue weighted by molar-refractivity contribution is 9.10. The van der Waals surface area contributed by atoms with Crippen molar-refractivity contribution in [3.8, 4) is 11.8 Å². The van der Waals surface area contributed by atoms with Crippen molar-refractivity contribution < 1.29 is 4.74 Å². The quantitative estimate of drug-likeness (QED) is 0.789. The van der Waals surface area contributed by atoms with Crippen LogP contribution in [0.2, 0.25) is 0 Å². The van der Waals surface area contributed by atoms with E-state index in [2.05, 4.69) is 32.0 Å². The standard InChI is InChI=1S/C14H10BrN5O/c15-12-10(6-16)11-13(17)18-7-19-14(11)20(12)8-21-9-4-2-1-3-5-9/h1-5,7H,8H2,(H2,17,18,19). The summed E-state index contributed by atoms with van der Waals surface area (Å²) in [5.74, 6) is 1.00. The van der Waals surface area contributed by atoms with E-state index in [1.165, 1.54) is 6.33 Å². The Kier molecular flexibility index (Phi) is 3.46. The molecule has 0 unspecified atom stereocenters. The van der Waals surface area contributed by atoms with Crippen LogP contribution in [-0.2, 0) is 6.73 Å². The van der Waals surface area contributed by atoms with E-state index in [1.807, 2.05) is 30.3 Å². The average Bonchev–Trinajstić information content (AvgIpc) is 2.79. The molecule has 6 nitrogen and oxygen atoms in total. The molecule has 0 radical (unpaired) electrons. The molecule has 1 aromatic carbocycles. The minimum atomic E-state index is 0.208. The number of rotatable bonds is 3. The van der Waals surface area contributed by atoms with Gasteiger partial charge in [0.1, 0.15) is 28.6 Å². The fraction of sp³-hybridized carbons (Fsp3) is 0.0714. The Morgan fingerprint density at radius 2 is 2.05 bits per heavy atom. The number of benzene rings is 1. The van der Waals surface area contributed by atoms with E-state index in [0.29, 0.717) is 21.2 Å². The van der Waals surface area contributed by atoms with Crippen molar-refractivity contribution in [3.63, 3.8) is 0 Å². The first-order chi connectivity index (χ1) is 10.2. The Morgan fingerprint density at radius 1 is 1.29 bits per heavy atom. The summed E-state index contributed by atoms with van der Waals surface area (Å²) in [5.41, 5.74) is 6.80. The number of nitrogens with two attached hydrogens (primary N) is 1. The van der Waals surface area contributed by atoms with Crippen LogP contribution in [0.3, 0.4) is 0 Å². The minimum absolute atomic E-state index is 0.208. The molecule has 0 saturated heterocycles. The molecule has 2 heterocycles. The fourth-order valence-corrected chi connectivity index (χ4v) is 2.60. The summed E-state index contributed by atoms with van der Waals surface area (Å²) in [7, 11) is 0. The van der Waals surface area contributed by atoms with E-state index in [-0.39, 0.29) is 12.5 Å². The van der Waals surface area contributed by atoms with Crippen LogP contribution < -0.4 is 10.5 Å². The summed E-state index contributed by atoms with van der Waals surface area (Å²) in [6, 6.07) is 11.5. The number of halogens is 1. The van der Waals surface area contributed by atoms with Gasteiger partial charge in [-0.3, -0.25) is 4.57 Å². The van der Waals surface area contributed by atoms with Crippen molar-refractivity contribution in [1.82, 2.24) is 14.5 Å². The van der Waals surface area contributed by atoms with E-state index >= 15 is 0 Å². The van der Waals surface area contributed by atoms with Crippen LogP contribution in [0.4, 0.5) is 5.82 Å². The van der Waals surface area contributed by atoms with E-state index in [0.717, 1.165) is 5.75 Å². The van der Waals surface area contributed by atoms with Crippen molar-refractivity contribution in [2.75, 3.05) is 5.73 Å². The lowest BCUT2D eigenvalue weighted by atomic mass is 10.2. The lowest BCUT2D eigenvalue weighted by Crippen LogP contribution is -2.06. The lowest BCUT2D eigenvalue weighted by molar-refractivity contribution is 0.238. The Balaban J connectivity index is 2.05. The Labute approximate surface area is 128 Å². The first-order valence-corrected chi connectivity index (χ1v) is 6.87. The number of fused-ring (bicyclic) bond motifs is 1. The van der Waals surface area contributed by atoms with Gasteiger partial charge in [0, 0.05) is 0 Å². The summed E-state index contributed by atoms with van der Waals surface area (Å²) < 4.78 is 8.01. The van der Waals surface area contributed by atoms with E-state index in [4.69, 9.17) is 10.5 Å². The zero-order chi connectivity index (χ0) is 14.8. The number of nitrogens with zero attached hydrogens (tertiary/aromatic N) is 4. The van der Waals surface area contributed by atoms with E-state index in [1.54, 1.807) is 4.57 Å². The highest BCUT2D eigenvalue weighted by atomic mass is 79.9. The molecule has 0 aliphatic rings. The second kappa shape index (κ2) is 5.42. The van der Waals surface area contributed by atoms with Gasteiger partial charge >= 0.3 is 0 Å². The third kappa shape index (κ3) is 2.30. The Hall–Kier alpha value is -2.59. The van der Waals surface area contributed by atoms with Gasteiger partial charge in [0.15, 0.2) is 12.4 Å². The number of nitriles is 1. The molecule has 3 rings (SSSR count). The zero-order valence-electron chi connectivity index (χ0n) is 10.8. The summed E-state index contributed by atoms with van der Waals surface area (Å²) in [6.07, 6.45) is 1.37. The molecule has 7 heteroatoms. The monoisotopic (exact) mass is 343 g/mol. The molecule has 0 bridgehead atoms. The molecule has 0 atom stereocenters. The van der Waals surface area contributed by atoms with Crippen LogP contribution in [0.1, 0.15) is 5.56 Å². The molecule has 0 aliphatic heterocycles. The molecule has 0 spiro atoms. The predicted octanol–water partition coefficient (Wildman–Crippen LogP) is 2.68. The smallest absolute Gasteiger partial charge is 0.167 e. The topological polar surface area (TPSA) is 89.8 Å². The second-order valence-electron chi connectivity index (χ2n) is 4.25. The van der Waals surface area contributed by atoms with Crippen molar-refractivity contribution in [2.24, 2.45) is 0 Å². The van der Waals surface area contributed by atoms with Crippen molar-refractivity contribution in [1.29, 1.82) is 5.26 Å². The molecule has 0 fully saturated rings. The van der Waals surface area contributed by atoms with Crippen LogP contribution in [0.15, 0.2) is 41.3 Å². The fourth-order valence-electron chi connectivity index (χ4n) is 2.04. The molecule has 0 aliphatic carbocycles. The lowest BCUT2D eigenvalue weighted by Gasteiger charge is -2.09. The Bertz CT molecular complexity index is 838. The maximum atomic E-state index is 9.29. The van der Waals surface area contributed by atoms with Gasteiger partial charge in [-0.25, -0.2) is 9.97 Å². The maximum Gasteiger partial charge on any atom is 0.167 e. The van der Waals surface area contributed by atoms with Crippen molar-refractivity contribution >= 4 is 32.8 Å². The molecule has 2 N–H and O–H groups in total. The van der Waals surface area contributed by atoms with E-state index in [9.17, 15) is 5.26 Å². The highest BCUT2D eigenvalue weighted by Crippen LogP contribution is 2.31. The zero-order valence-corrected chi connectivity index (χ0v) is 12.4. The Morgan fingerprint density at radius 3 is 2.76 bits per heavy atom. The summed E-state index contributed by atoms with van der Waals surface area (Å²) in [6.45, 7) is 0.208. The summed E-state index contributed by atoms with van der Waals surface area (Å²) >= 11 is 3.40. The number of aromatic nitrogens is 3. The van der Waals surface area contributed by atoms with Crippen LogP contribution in [0.25, 0.3) is 11.0 Å². The number of nitrogen functional groups attached to an aromatic ring is 1. The number of ether oxygens (including phenoxy) is 1. The van der Waals surface area contributed by atoms with Gasteiger partial charge in [0.2, 0.25) is 0 Å². The molecular weight excluding hydrogens is 334 g/mol. The highest BCUT2D eigenvalue weighted by Gasteiger charge is 2.19. The summed E-state index contributed by atoms with van der Waals surface area (Å²) in [5, 5.41) is 9.83. The van der Waals surface area contributed by atoms with Gasteiger partial charge in [-0.1, -0.05) is 18.2 Å². The number of anilines is 1. The molecule has 0 amide bonds. The third-order valence-corrected chi connectivity index (χ3v) is 3.85. The van der Waals surface area contributed by atoms with Gasteiger partial charge in [-0.2, -0.15) is 5.26 Å². The average molecular weight is 344 g/mol. The first kappa shape index (κ1) is 13.4. The molecule has 21 heavy (non-hydrogen) atoms. The molecular formula is C14H10BrN5O. The first-order valence-electron chi connectivity index (χ1n) is 6.08. The van der Waals surface area contributed by atoms with Crippen LogP contribution in [0, 0.1) is 11.3 Å².